The van der Waals surface area contributed by atoms with E-state index in [0.29, 0.717) is 22.6 Å². The third kappa shape index (κ3) is 2.42. The third-order valence-electron chi connectivity index (χ3n) is 3.80. The van der Waals surface area contributed by atoms with Gasteiger partial charge in [0.05, 0.1) is 19.0 Å². The molecule has 1 N–H and O–H groups in total. The van der Waals surface area contributed by atoms with E-state index in [9.17, 15) is 14.4 Å². The van der Waals surface area contributed by atoms with Crippen molar-refractivity contribution in [2.75, 3.05) is 7.11 Å². The van der Waals surface area contributed by atoms with Gasteiger partial charge in [0.1, 0.15) is 23.2 Å². The van der Waals surface area contributed by atoms with Crippen LogP contribution >= 0.6 is 0 Å². The molecule has 122 valence electrons. The van der Waals surface area contributed by atoms with Gasteiger partial charge in [0, 0.05) is 17.2 Å². The maximum Gasteiger partial charge on any atom is 0.278 e. The number of hydrogen-bond acceptors (Lipinski definition) is 4. The highest BCUT2D eigenvalue weighted by molar-refractivity contribution is 5.69. The van der Waals surface area contributed by atoms with E-state index in [1.165, 1.54) is 25.4 Å². The van der Waals surface area contributed by atoms with Gasteiger partial charge in [0.15, 0.2) is 5.65 Å². The smallest absolute Gasteiger partial charge is 0.278 e. The molecule has 2 aromatic heterocycles. The number of fused-ring (bicyclic) bond motifs is 1. The lowest BCUT2D eigenvalue weighted by Gasteiger charge is -2.14. The zero-order chi connectivity index (χ0) is 17.4. The first-order valence-electron chi connectivity index (χ1n) is 7.35. The molecule has 2 heterocycles. The van der Waals surface area contributed by atoms with Crippen LogP contribution < -0.4 is 10.3 Å². The summed E-state index contributed by atoms with van der Waals surface area (Å²) in [5, 5.41) is 13.1. The number of aromatic amines is 1. The quantitative estimate of drug-likeness (QED) is 0.802. The second kappa shape index (κ2) is 5.81. The minimum atomic E-state index is -0.478. The number of hydrogen-bond donors (Lipinski definition) is 1. The topological polar surface area (TPSA) is 83.2 Å². The van der Waals surface area contributed by atoms with E-state index in [1.54, 1.807) is 6.07 Å². The first kappa shape index (κ1) is 15.7. The van der Waals surface area contributed by atoms with Crippen molar-refractivity contribution in [3.8, 4) is 23.1 Å². The maximum absolute atomic E-state index is 13.9. The maximum atomic E-state index is 13.9. The highest BCUT2D eigenvalue weighted by Gasteiger charge is 2.20. The highest BCUT2D eigenvalue weighted by atomic mass is 19.1. The molecule has 0 unspecified atom stereocenters. The average molecular weight is 326 g/mol. The molecule has 0 spiro atoms. The number of methoxy groups -OCH3 is 1. The average Bonchev–Trinajstić information content (AvgIpc) is 2.97. The SMILES string of the molecule is COc1cc(F)cc(-c2[nH]c3c(C#N)cnn3c(=O)c2C(C)C)c1. The Labute approximate surface area is 137 Å². The number of nitriles is 1. The standard InChI is InChI=1S/C17H15FN4O2/c1-9(2)14-15(10-4-12(18)6-13(5-10)24-3)21-16-11(7-19)8-20-22(16)17(14)23/h4-6,8-9,21H,1-3H3. The van der Waals surface area contributed by atoms with E-state index in [1.807, 2.05) is 19.9 Å². The molecule has 0 amide bonds. The summed E-state index contributed by atoms with van der Waals surface area (Å²) < 4.78 is 20.2. The van der Waals surface area contributed by atoms with Crippen molar-refractivity contribution >= 4 is 5.65 Å². The van der Waals surface area contributed by atoms with E-state index < -0.39 is 5.82 Å². The van der Waals surface area contributed by atoms with Crippen LogP contribution in [0.1, 0.15) is 30.9 Å². The van der Waals surface area contributed by atoms with Crippen LogP contribution in [0, 0.1) is 17.1 Å². The van der Waals surface area contributed by atoms with Gasteiger partial charge in [0.25, 0.3) is 5.56 Å². The van der Waals surface area contributed by atoms with E-state index in [4.69, 9.17) is 4.74 Å². The Morgan fingerprint density at radius 2 is 2.12 bits per heavy atom. The van der Waals surface area contributed by atoms with Crippen LogP contribution in [0.3, 0.4) is 0 Å². The Kier molecular flexibility index (Phi) is 3.81. The second-order valence-corrected chi connectivity index (χ2v) is 5.68. The van der Waals surface area contributed by atoms with Crippen LogP contribution in [0.5, 0.6) is 5.75 Å². The summed E-state index contributed by atoms with van der Waals surface area (Å²) in [7, 11) is 1.44. The fourth-order valence-corrected chi connectivity index (χ4v) is 2.70. The molecule has 1 aromatic carbocycles. The number of nitrogens with zero attached hydrogens (tertiary/aromatic N) is 3. The molecule has 0 atom stereocenters. The summed E-state index contributed by atoms with van der Waals surface area (Å²) in [5.74, 6) is -0.264. The van der Waals surface area contributed by atoms with Crippen molar-refractivity contribution in [2.24, 2.45) is 0 Å². The van der Waals surface area contributed by atoms with Gasteiger partial charge in [-0.3, -0.25) is 4.79 Å². The van der Waals surface area contributed by atoms with Gasteiger partial charge in [-0.2, -0.15) is 14.9 Å². The first-order chi connectivity index (χ1) is 11.5. The van der Waals surface area contributed by atoms with Crippen LogP contribution in [0.4, 0.5) is 4.39 Å². The predicted octanol–water partition coefficient (Wildman–Crippen LogP) is 2.83. The molecular formula is C17H15FN4O2. The summed E-state index contributed by atoms with van der Waals surface area (Å²) in [4.78, 5) is 15.8. The predicted molar refractivity (Wildman–Crippen MR) is 86.6 cm³/mol. The Morgan fingerprint density at radius 3 is 2.75 bits per heavy atom. The molecule has 24 heavy (non-hydrogen) atoms. The second-order valence-electron chi connectivity index (χ2n) is 5.68. The van der Waals surface area contributed by atoms with Gasteiger partial charge in [-0.25, -0.2) is 4.39 Å². The molecule has 0 saturated heterocycles. The third-order valence-corrected chi connectivity index (χ3v) is 3.80. The number of rotatable bonds is 3. The molecule has 0 aliphatic carbocycles. The van der Waals surface area contributed by atoms with Crippen molar-refractivity contribution in [3.63, 3.8) is 0 Å². The molecule has 0 radical (unpaired) electrons. The summed E-state index contributed by atoms with van der Waals surface area (Å²) >= 11 is 0. The van der Waals surface area contributed by atoms with Crippen molar-refractivity contribution in [1.29, 1.82) is 5.26 Å². The lowest BCUT2D eigenvalue weighted by Crippen LogP contribution is -2.22. The van der Waals surface area contributed by atoms with Crippen LogP contribution in [0.25, 0.3) is 16.9 Å². The number of benzene rings is 1. The molecule has 6 nitrogen and oxygen atoms in total. The lowest BCUT2D eigenvalue weighted by molar-refractivity contribution is 0.411. The number of H-pyrrole nitrogens is 1. The van der Waals surface area contributed by atoms with Crippen molar-refractivity contribution < 1.29 is 9.13 Å². The van der Waals surface area contributed by atoms with Crippen molar-refractivity contribution in [2.45, 2.75) is 19.8 Å². The van der Waals surface area contributed by atoms with E-state index in [-0.39, 0.29) is 22.7 Å². The number of ether oxygens (including phenoxy) is 1. The summed E-state index contributed by atoms with van der Waals surface area (Å²) in [6.45, 7) is 3.73. The molecule has 0 fully saturated rings. The summed E-state index contributed by atoms with van der Waals surface area (Å²) in [6.07, 6.45) is 1.33. The monoisotopic (exact) mass is 326 g/mol. The van der Waals surface area contributed by atoms with Gasteiger partial charge in [-0.15, -0.1) is 0 Å². The fraction of sp³-hybridized carbons (Fsp3) is 0.235. The molecule has 0 bridgehead atoms. The Balaban J connectivity index is 2.42. The summed E-state index contributed by atoms with van der Waals surface area (Å²) in [6, 6.07) is 6.20. The minimum Gasteiger partial charge on any atom is -0.497 e. The zero-order valence-electron chi connectivity index (χ0n) is 13.4. The molecular weight excluding hydrogens is 311 g/mol. The highest BCUT2D eigenvalue weighted by Crippen LogP contribution is 2.29. The summed E-state index contributed by atoms with van der Waals surface area (Å²) in [5.41, 5.74) is 1.58. The van der Waals surface area contributed by atoms with Crippen molar-refractivity contribution in [1.82, 2.24) is 14.6 Å². The van der Waals surface area contributed by atoms with Gasteiger partial charge >= 0.3 is 0 Å². The van der Waals surface area contributed by atoms with Crippen LogP contribution in [0.2, 0.25) is 0 Å². The largest absolute Gasteiger partial charge is 0.497 e. The van der Waals surface area contributed by atoms with Gasteiger partial charge in [0.2, 0.25) is 0 Å². The number of aromatic nitrogens is 3. The zero-order valence-corrected chi connectivity index (χ0v) is 13.4. The minimum absolute atomic E-state index is 0.128. The van der Waals surface area contributed by atoms with Crippen LogP contribution in [-0.4, -0.2) is 21.7 Å². The van der Waals surface area contributed by atoms with Crippen LogP contribution in [-0.2, 0) is 0 Å². The molecule has 0 aliphatic rings. The lowest BCUT2D eigenvalue weighted by atomic mass is 9.98. The fourth-order valence-electron chi connectivity index (χ4n) is 2.70. The van der Waals surface area contributed by atoms with Crippen LogP contribution in [0.15, 0.2) is 29.2 Å². The normalized spacial score (nSPS) is 11.0. The van der Waals surface area contributed by atoms with E-state index >= 15 is 0 Å². The van der Waals surface area contributed by atoms with Gasteiger partial charge < -0.3 is 9.72 Å². The molecule has 0 saturated carbocycles. The first-order valence-corrected chi connectivity index (χ1v) is 7.35. The van der Waals surface area contributed by atoms with Crippen molar-refractivity contribution in [3.05, 3.63) is 51.7 Å². The number of nitrogens with one attached hydrogen (secondary N) is 1. The molecule has 7 heteroatoms. The van der Waals surface area contributed by atoms with Gasteiger partial charge in [-0.05, 0) is 18.1 Å². The molecule has 3 rings (SSSR count). The molecule has 0 aliphatic heterocycles. The van der Waals surface area contributed by atoms with E-state index in [2.05, 4.69) is 10.1 Å². The van der Waals surface area contributed by atoms with E-state index in [0.717, 1.165) is 4.52 Å². The van der Waals surface area contributed by atoms with Gasteiger partial charge in [-0.1, -0.05) is 13.8 Å². The molecule has 3 aromatic rings. The Hall–Kier alpha value is -3.14. The Morgan fingerprint density at radius 1 is 1.38 bits per heavy atom. The number of halogens is 1. The Bertz CT molecular complexity index is 1030.